The zero-order valence-electron chi connectivity index (χ0n) is 13.1. The number of ether oxygens (including phenoxy) is 1. The number of morpholine rings is 1. The lowest BCUT2D eigenvalue weighted by atomic mass is 10.1. The summed E-state index contributed by atoms with van der Waals surface area (Å²) in [4.78, 5) is 7.37. The summed E-state index contributed by atoms with van der Waals surface area (Å²) in [6.07, 6.45) is 4.84. The van der Waals surface area contributed by atoms with Gasteiger partial charge in [-0.2, -0.15) is 0 Å². The third kappa shape index (κ3) is 4.37. The number of hydrogen-bond donors (Lipinski definition) is 1. The van der Waals surface area contributed by atoms with Gasteiger partial charge in [0.15, 0.2) is 0 Å². The van der Waals surface area contributed by atoms with Crippen molar-refractivity contribution in [1.82, 2.24) is 14.5 Å². The Morgan fingerprint density at radius 3 is 2.91 bits per heavy atom. The number of nitrogens with zero attached hydrogens (tertiary/aromatic N) is 3. The van der Waals surface area contributed by atoms with E-state index < -0.39 is 0 Å². The van der Waals surface area contributed by atoms with Crippen LogP contribution in [0.3, 0.4) is 0 Å². The van der Waals surface area contributed by atoms with E-state index in [-0.39, 0.29) is 0 Å². The van der Waals surface area contributed by atoms with Gasteiger partial charge >= 0.3 is 0 Å². The van der Waals surface area contributed by atoms with Crippen LogP contribution >= 0.6 is 12.2 Å². The van der Waals surface area contributed by atoms with Crippen molar-refractivity contribution in [3.8, 4) is 0 Å². The Bertz CT molecular complexity index is 664. The van der Waals surface area contributed by atoms with Crippen LogP contribution in [0.5, 0.6) is 0 Å². The van der Waals surface area contributed by atoms with Crippen molar-refractivity contribution in [2.75, 3.05) is 32.8 Å². The molecule has 0 bridgehead atoms. The van der Waals surface area contributed by atoms with Crippen LogP contribution < -0.4 is 5.73 Å². The molecule has 0 radical (unpaired) electrons. The molecule has 2 heterocycles. The standard InChI is InChI=1S/C17H22N4OS/c18-17(23)15-3-1-2-14(12-15)13-21-7-5-19-16(21)4-6-20-8-10-22-11-9-20/h1-3,5,7,12H,4,6,8-11,13H2,(H2,18,23). The zero-order chi connectivity index (χ0) is 16.1. The molecule has 1 aliphatic rings. The number of imidazole rings is 1. The molecule has 122 valence electrons. The number of rotatable bonds is 6. The molecule has 0 atom stereocenters. The van der Waals surface area contributed by atoms with E-state index in [4.69, 9.17) is 22.7 Å². The molecular formula is C17H22N4OS. The Morgan fingerprint density at radius 2 is 2.13 bits per heavy atom. The van der Waals surface area contributed by atoms with Crippen molar-refractivity contribution in [3.05, 3.63) is 53.6 Å². The first-order chi connectivity index (χ1) is 11.2. The summed E-state index contributed by atoms with van der Waals surface area (Å²) in [6, 6.07) is 8.08. The van der Waals surface area contributed by atoms with Gasteiger partial charge in [-0.25, -0.2) is 4.98 Å². The van der Waals surface area contributed by atoms with Crippen LogP contribution in [0.25, 0.3) is 0 Å². The molecular weight excluding hydrogens is 308 g/mol. The molecule has 1 aromatic heterocycles. The maximum atomic E-state index is 5.71. The Labute approximate surface area is 142 Å². The number of thiocarbonyl (C=S) groups is 1. The van der Waals surface area contributed by atoms with Crippen LogP contribution in [-0.4, -0.2) is 52.3 Å². The van der Waals surface area contributed by atoms with Crippen molar-refractivity contribution in [3.63, 3.8) is 0 Å². The van der Waals surface area contributed by atoms with E-state index in [9.17, 15) is 0 Å². The molecule has 1 saturated heterocycles. The second kappa shape index (κ2) is 7.68. The average molecular weight is 330 g/mol. The molecule has 1 aromatic carbocycles. The molecule has 0 spiro atoms. The molecule has 5 nitrogen and oxygen atoms in total. The van der Waals surface area contributed by atoms with Crippen LogP contribution in [0.1, 0.15) is 17.0 Å². The first-order valence-electron chi connectivity index (χ1n) is 7.91. The summed E-state index contributed by atoms with van der Waals surface area (Å²) in [5.41, 5.74) is 7.80. The fourth-order valence-electron chi connectivity index (χ4n) is 2.81. The SMILES string of the molecule is NC(=S)c1cccc(Cn2ccnc2CCN2CCOCC2)c1. The molecule has 0 amide bonds. The summed E-state index contributed by atoms with van der Waals surface area (Å²) < 4.78 is 7.58. The zero-order valence-corrected chi connectivity index (χ0v) is 14.0. The molecule has 2 N–H and O–H groups in total. The van der Waals surface area contributed by atoms with Gasteiger partial charge in [-0.1, -0.05) is 30.4 Å². The Morgan fingerprint density at radius 1 is 1.30 bits per heavy atom. The predicted octanol–water partition coefficient (Wildman–Crippen LogP) is 1.44. The highest BCUT2D eigenvalue weighted by molar-refractivity contribution is 7.80. The van der Waals surface area contributed by atoms with E-state index in [1.54, 1.807) is 0 Å². The lowest BCUT2D eigenvalue weighted by molar-refractivity contribution is 0.0381. The van der Waals surface area contributed by atoms with E-state index >= 15 is 0 Å². The van der Waals surface area contributed by atoms with Gasteiger partial charge in [0.05, 0.1) is 13.2 Å². The van der Waals surface area contributed by atoms with Gasteiger partial charge in [0.2, 0.25) is 0 Å². The third-order valence-electron chi connectivity index (χ3n) is 4.12. The largest absolute Gasteiger partial charge is 0.389 e. The van der Waals surface area contributed by atoms with Gasteiger partial charge in [0.1, 0.15) is 10.8 Å². The topological polar surface area (TPSA) is 56.3 Å². The Kier molecular flexibility index (Phi) is 5.38. The monoisotopic (exact) mass is 330 g/mol. The van der Waals surface area contributed by atoms with Crippen molar-refractivity contribution >= 4 is 17.2 Å². The van der Waals surface area contributed by atoms with Gasteiger partial charge in [-0.3, -0.25) is 4.90 Å². The second-order valence-corrected chi connectivity index (χ2v) is 6.18. The fourth-order valence-corrected chi connectivity index (χ4v) is 2.94. The lowest BCUT2D eigenvalue weighted by Crippen LogP contribution is -2.37. The minimum absolute atomic E-state index is 0.435. The third-order valence-corrected chi connectivity index (χ3v) is 4.36. The summed E-state index contributed by atoms with van der Waals surface area (Å²) in [5.74, 6) is 1.11. The van der Waals surface area contributed by atoms with Crippen LogP contribution in [0.4, 0.5) is 0 Å². The van der Waals surface area contributed by atoms with E-state index in [2.05, 4.69) is 20.5 Å². The van der Waals surface area contributed by atoms with Gasteiger partial charge in [0, 0.05) is 50.6 Å². The van der Waals surface area contributed by atoms with Crippen molar-refractivity contribution < 1.29 is 4.74 Å². The highest BCUT2D eigenvalue weighted by atomic mass is 32.1. The van der Waals surface area contributed by atoms with Crippen LogP contribution in [0.15, 0.2) is 36.7 Å². The lowest BCUT2D eigenvalue weighted by Gasteiger charge is -2.26. The summed E-state index contributed by atoms with van der Waals surface area (Å²) >= 11 is 5.05. The smallest absolute Gasteiger partial charge is 0.110 e. The summed E-state index contributed by atoms with van der Waals surface area (Å²) in [7, 11) is 0. The van der Waals surface area contributed by atoms with E-state index in [1.165, 1.54) is 5.56 Å². The first-order valence-corrected chi connectivity index (χ1v) is 8.32. The van der Waals surface area contributed by atoms with Crippen molar-refractivity contribution in [2.45, 2.75) is 13.0 Å². The van der Waals surface area contributed by atoms with Gasteiger partial charge in [0.25, 0.3) is 0 Å². The van der Waals surface area contributed by atoms with Gasteiger partial charge in [-0.05, 0) is 11.6 Å². The van der Waals surface area contributed by atoms with Crippen molar-refractivity contribution in [1.29, 1.82) is 0 Å². The Hall–Kier alpha value is -1.76. The quantitative estimate of drug-likeness (QED) is 0.812. The van der Waals surface area contributed by atoms with Gasteiger partial charge in [-0.15, -0.1) is 0 Å². The maximum absolute atomic E-state index is 5.71. The van der Waals surface area contributed by atoms with E-state index in [0.29, 0.717) is 4.99 Å². The number of aromatic nitrogens is 2. The molecule has 6 heteroatoms. The van der Waals surface area contributed by atoms with Crippen molar-refractivity contribution in [2.24, 2.45) is 5.73 Å². The number of nitrogens with two attached hydrogens (primary N) is 1. The minimum Gasteiger partial charge on any atom is -0.389 e. The van der Waals surface area contributed by atoms with E-state index in [0.717, 1.165) is 57.2 Å². The highest BCUT2D eigenvalue weighted by Gasteiger charge is 2.12. The minimum atomic E-state index is 0.435. The van der Waals surface area contributed by atoms with Crippen LogP contribution in [0, 0.1) is 0 Å². The van der Waals surface area contributed by atoms with E-state index in [1.807, 2.05) is 30.6 Å². The first kappa shape index (κ1) is 16.1. The molecule has 3 rings (SSSR count). The Balaban J connectivity index is 1.63. The summed E-state index contributed by atoms with van der Waals surface area (Å²) in [6.45, 7) is 5.50. The highest BCUT2D eigenvalue weighted by Crippen LogP contribution is 2.10. The second-order valence-electron chi connectivity index (χ2n) is 5.74. The number of hydrogen-bond acceptors (Lipinski definition) is 4. The molecule has 2 aromatic rings. The molecule has 1 aliphatic heterocycles. The maximum Gasteiger partial charge on any atom is 0.110 e. The molecule has 23 heavy (non-hydrogen) atoms. The molecule has 0 unspecified atom stereocenters. The van der Waals surface area contributed by atoms with Gasteiger partial charge < -0.3 is 15.0 Å². The van der Waals surface area contributed by atoms with Crippen LogP contribution in [0.2, 0.25) is 0 Å². The number of benzene rings is 1. The molecule has 0 aliphatic carbocycles. The predicted molar refractivity (Wildman–Crippen MR) is 94.6 cm³/mol. The molecule has 1 fully saturated rings. The fraction of sp³-hybridized carbons (Fsp3) is 0.412. The summed E-state index contributed by atoms with van der Waals surface area (Å²) in [5, 5.41) is 0. The van der Waals surface area contributed by atoms with Crippen LogP contribution in [-0.2, 0) is 17.7 Å². The molecule has 0 saturated carbocycles. The average Bonchev–Trinajstić information content (AvgIpc) is 3.01. The normalized spacial score (nSPS) is 15.7.